The van der Waals surface area contributed by atoms with Crippen LogP contribution in [-0.4, -0.2) is 16.9 Å². The summed E-state index contributed by atoms with van der Waals surface area (Å²) in [6.07, 6.45) is 11.8. The van der Waals surface area contributed by atoms with E-state index in [0.29, 0.717) is 29.5 Å². The first-order chi connectivity index (χ1) is 16.4. The molecule has 7 aliphatic carbocycles. The van der Waals surface area contributed by atoms with Crippen molar-refractivity contribution in [2.45, 2.75) is 105 Å². The van der Waals surface area contributed by atoms with E-state index in [4.69, 9.17) is 0 Å². The van der Waals surface area contributed by atoms with Gasteiger partial charge in [-0.15, -0.1) is 0 Å². The number of carbonyl (C=O) groups is 2. The topological polar surface area (TPSA) is 54.4 Å². The van der Waals surface area contributed by atoms with Gasteiger partial charge in [0.05, 0.1) is 5.41 Å². The zero-order valence-electron chi connectivity index (χ0n) is 22.7. The van der Waals surface area contributed by atoms with Crippen molar-refractivity contribution in [2.24, 2.45) is 68.0 Å². The van der Waals surface area contributed by atoms with Gasteiger partial charge in [-0.3, -0.25) is 9.59 Å². The number of Topliss-reactive ketones (excluding diaryl/α,β-unsaturated/α-hetero) is 1. The fourth-order valence-corrected chi connectivity index (χ4v) is 13.8. The van der Waals surface area contributed by atoms with E-state index in [-0.39, 0.29) is 33.0 Å². The Hall–Kier alpha value is -1.12. The predicted octanol–water partition coefficient (Wildman–Crippen LogP) is 7.30. The van der Waals surface area contributed by atoms with Crippen LogP contribution >= 0.6 is 0 Å². The second-order valence-corrected chi connectivity index (χ2v) is 15.5. The lowest BCUT2D eigenvalue weighted by atomic mass is 9.25. The van der Waals surface area contributed by atoms with Gasteiger partial charge in [-0.2, -0.15) is 0 Å². The summed E-state index contributed by atoms with van der Waals surface area (Å²) in [4.78, 5) is 26.2. The summed E-state index contributed by atoms with van der Waals surface area (Å²) in [5, 5.41) is 10.6. The molecule has 7 aliphatic rings. The van der Waals surface area contributed by atoms with Gasteiger partial charge in [0.15, 0.2) is 0 Å². The number of carboxylic acids is 1. The molecule has 0 bridgehead atoms. The molecular weight excluding hydrogens is 432 g/mol. The van der Waals surface area contributed by atoms with Crippen LogP contribution < -0.4 is 0 Å². The lowest BCUT2D eigenvalue weighted by molar-refractivity contribution is -0.295. The molecule has 0 saturated heterocycles. The van der Waals surface area contributed by atoms with Gasteiger partial charge in [0.25, 0.3) is 0 Å². The summed E-state index contributed by atoms with van der Waals surface area (Å²) in [7, 11) is 0. The van der Waals surface area contributed by atoms with E-state index in [2.05, 4.69) is 41.2 Å². The van der Waals surface area contributed by atoms with Crippen molar-refractivity contribution in [1.29, 1.82) is 0 Å². The molecule has 0 radical (unpaired) electrons. The predicted molar refractivity (Wildman–Crippen MR) is 136 cm³/mol. The maximum Gasteiger partial charge on any atom is 0.309 e. The molecule has 0 aromatic carbocycles. The average molecular weight is 479 g/mol. The van der Waals surface area contributed by atoms with Crippen LogP contribution in [0.5, 0.6) is 0 Å². The molecular formula is C32H46O3. The van der Waals surface area contributed by atoms with Crippen molar-refractivity contribution in [3.8, 4) is 0 Å². The zero-order chi connectivity index (χ0) is 25.0. The highest BCUT2D eigenvalue weighted by molar-refractivity contribution is 5.90. The minimum absolute atomic E-state index is 0.0642. The molecule has 12 atom stereocenters. The summed E-state index contributed by atoms with van der Waals surface area (Å²) in [5.41, 5.74) is 1.49. The molecule has 1 spiro atoms. The van der Waals surface area contributed by atoms with Crippen LogP contribution in [0.25, 0.3) is 0 Å². The molecule has 0 aromatic rings. The third kappa shape index (κ3) is 2.08. The Bertz CT molecular complexity index is 1060. The van der Waals surface area contributed by atoms with Gasteiger partial charge in [-0.1, -0.05) is 39.8 Å². The summed E-state index contributed by atoms with van der Waals surface area (Å²) < 4.78 is 0. The molecule has 6 unspecified atom stereocenters. The Morgan fingerprint density at radius 2 is 1.57 bits per heavy atom. The van der Waals surface area contributed by atoms with E-state index in [1.807, 2.05) is 0 Å². The summed E-state index contributed by atoms with van der Waals surface area (Å²) in [6, 6.07) is 0. The Morgan fingerprint density at radius 3 is 2.26 bits per heavy atom. The normalized spacial score (nSPS) is 61.7. The molecule has 3 heteroatoms. The molecule has 35 heavy (non-hydrogen) atoms. The Morgan fingerprint density at radius 1 is 0.857 bits per heavy atom. The van der Waals surface area contributed by atoms with Crippen molar-refractivity contribution >= 4 is 11.8 Å². The quantitative estimate of drug-likeness (QED) is 0.424. The molecule has 1 N–H and O–H groups in total. The van der Waals surface area contributed by atoms with Crippen LogP contribution in [0.15, 0.2) is 12.2 Å². The molecule has 0 aliphatic heterocycles. The first-order valence-corrected chi connectivity index (χ1v) is 14.8. The Labute approximate surface area is 211 Å². The lowest BCUT2D eigenvalue weighted by Crippen LogP contribution is -2.74. The second kappa shape index (κ2) is 6.29. The number of hydrogen-bond acceptors (Lipinski definition) is 2. The SMILES string of the molecule is C=C(C)[C@@H]1CCC2(C(=O)O)CC[C@]3(C)C(CC[C@@H]4C5(C)CCC(=O)[C@@]6(C)C7CC7[C@@]56CCC43C)[C@@H]12. The number of hydrogen-bond donors (Lipinski definition) is 1. The van der Waals surface area contributed by atoms with Crippen molar-refractivity contribution in [3.05, 3.63) is 12.2 Å². The van der Waals surface area contributed by atoms with E-state index in [9.17, 15) is 14.7 Å². The van der Waals surface area contributed by atoms with Gasteiger partial charge in [0, 0.05) is 11.8 Å². The van der Waals surface area contributed by atoms with Crippen molar-refractivity contribution in [1.82, 2.24) is 0 Å². The monoisotopic (exact) mass is 478 g/mol. The van der Waals surface area contributed by atoms with Crippen molar-refractivity contribution in [2.75, 3.05) is 0 Å². The molecule has 3 nitrogen and oxygen atoms in total. The van der Waals surface area contributed by atoms with Gasteiger partial charge in [-0.05, 0) is 128 Å². The molecule has 192 valence electrons. The maximum atomic E-state index is 13.4. The van der Waals surface area contributed by atoms with E-state index >= 15 is 0 Å². The fourth-order valence-electron chi connectivity index (χ4n) is 13.8. The molecule has 7 rings (SSSR count). The first-order valence-electron chi connectivity index (χ1n) is 14.8. The number of allylic oxidation sites excluding steroid dienone is 1. The van der Waals surface area contributed by atoms with Crippen molar-refractivity contribution in [3.63, 3.8) is 0 Å². The van der Waals surface area contributed by atoms with Crippen LogP contribution in [0.4, 0.5) is 0 Å². The highest BCUT2D eigenvalue weighted by Gasteiger charge is 2.87. The molecule has 7 fully saturated rings. The number of fused-ring (bicyclic) bond motifs is 8. The number of rotatable bonds is 2. The summed E-state index contributed by atoms with van der Waals surface area (Å²) in [6.45, 7) is 16.7. The minimum atomic E-state index is -0.540. The lowest BCUT2D eigenvalue weighted by Gasteiger charge is -2.78. The average Bonchev–Trinajstić information content (AvgIpc) is 3.44. The molecule has 7 saturated carbocycles. The number of carbonyl (C=O) groups excluding carboxylic acids is 1. The first kappa shape index (κ1) is 23.0. The maximum absolute atomic E-state index is 13.4. The zero-order valence-corrected chi connectivity index (χ0v) is 22.7. The number of ketones is 1. The van der Waals surface area contributed by atoms with Crippen LogP contribution in [0.1, 0.15) is 105 Å². The van der Waals surface area contributed by atoms with E-state index in [0.717, 1.165) is 44.4 Å². The molecule has 0 aromatic heterocycles. The van der Waals surface area contributed by atoms with Crippen molar-refractivity contribution < 1.29 is 14.7 Å². The van der Waals surface area contributed by atoms with Crippen LogP contribution in [0.2, 0.25) is 0 Å². The Kier molecular flexibility index (Phi) is 4.14. The molecule has 0 heterocycles. The van der Waals surface area contributed by atoms with Gasteiger partial charge < -0.3 is 5.11 Å². The van der Waals surface area contributed by atoms with Crippen LogP contribution in [0, 0.1) is 68.0 Å². The summed E-state index contributed by atoms with van der Waals surface area (Å²) >= 11 is 0. The van der Waals surface area contributed by atoms with E-state index in [1.54, 1.807) is 0 Å². The number of carboxylic acid groups (broad SMARTS) is 1. The summed E-state index contributed by atoms with van der Waals surface area (Å²) in [5.74, 6) is 3.24. The highest BCUT2D eigenvalue weighted by Crippen LogP contribution is 2.91. The third-order valence-corrected chi connectivity index (χ3v) is 15.6. The minimum Gasteiger partial charge on any atom is -0.481 e. The van der Waals surface area contributed by atoms with Gasteiger partial charge in [-0.25, -0.2) is 0 Å². The van der Waals surface area contributed by atoms with E-state index in [1.165, 1.54) is 37.7 Å². The fraction of sp³-hybridized carbons (Fsp3) is 0.875. The van der Waals surface area contributed by atoms with Gasteiger partial charge in [0.2, 0.25) is 0 Å². The standard InChI is InChI=1S/C32H46O3/c1-18(2)19-9-12-31(26(34)35)15-13-27(3)20(25(19)31)7-8-23-28(27,4)14-16-32-22-17-21(22)30(32,6)24(33)10-11-29(23,32)5/h19-23,25H,1,7-17H2,2-6H3,(H,34,35)/t19-,20?,21?,22?,23-,25+,27+,28?,29?,30+,31?,32-/m0/s1. The van der Waals surface area contributed by atoms with E-state index < -0.39 is 11.4 Å². The highest BCUT2D eigenvalue weighted by atomic mass is 16.4. The smallest absolute Gasteiger partial charge is 0.309 e. The van der Waals surface area contributed by atoms with Crippen LogP contribution in [-0.2, 0) is 9.59 Å². The third-order valence-electron chi connectivity index (χ3n) is 15.6. The number of aliphatic carboxylic acids is 1. The molecule has 0 amide bonds. The second-order valence-electron chi connectivity index (χ2n) is 15.5. The largest absolute Gasteiger partial charge is 0.481 e. The van der Waals surface area contributed by atoms with Gasteiger partial charge >= 0.3 is 5.97 Å². The van der Waals surface area contributed by atoms with Crippen LogP contribution in [0.3, 0.4) is 0 Å². The van der Waals surface area contributed by atoms with Gasteiger partial charge in [0.1, 0.15) is 5.78 Å². The Balaban J connectivity index is 1.32.